The van der Waals surface area contributed by atoms with Crippen molar-refractivity contribution in [3.63, 3.8) is 0 Å². The molecule has 0 radical (unpaired) electrons. The molecule has 1 saturated heterocycles. The van der Waals surface area contributed by atoms with Gasteiger partial charge in [0.05, 0.1) is 24.1 Å². The second-order valence-electron chi connectivity index (χ2n) is 7.88. The van der Waals surface area contributed by atoms with Crippen molar-refractivity contribution in [1.29, 1.82) is 0 Å². The first-order chi connectivity index (χ1) is 15.4. The number of nitrogens with one attached hydrogen (secondary N) is 1. The van der Waals surface area contributed by atoms with Gasteiger partial charge in [0.2, 0.25) is 5.88 Å². The van der Waals surface area contributed by atoms with Gasteiger partial charge in [0.25, 0.3) is 6.43 Å². The highest BCUT2D eigenvalue weighted by molar-refractivity contribution is 5.88. The summed E-state index contributed by atoms with van der Waals surface area (Å²) in [6.07, 6.45) is -1.19. The summed E-state index contributed by atoms with van der Waals surface area (Å²) in [4.78, 5) is 13.5. The SMILES string of the molecule is COc1nc2nc(C)nc(NC(C)c3cccc(C(F)F)c3F)c2cc1C1CCOCC1. The molecular formula is C23H25F3N4O2. The molecule has 1 aromatic carbocycles. The maximum atomic E-state index is 14.7. The fourth-order valence-electron chi connectivity index (χ4n) is 4.09. The normalized spacial score (nSPS) is 15.8. The van der Waals surface area contributed by atoms with E-state index in [0.29, 0.717) is 41.8 Å². The number of hydrogen-bond acceptors (Lipinski definition) is 6. The molecule has 3 aromatic rings. The molecule has 0 saturated carbocycles. The predicted octanol–water partition coefficient (Wildman–Crippen LogP) is 5.49. The monoisotopic (exact) mass is 446 g/mol. The Balaban J connectivity index is 1.76. The topological polar surface area (TPSA) is 69.2 Å². The highest BCUT2D eigenvalue weighted by Crippen LogP contribution is 2.36. The second kappa shape index (κ2) is 9.28. The zero-order valence-electron chi connectivity index (χ0n) is 18.2. The van der Waals surface area contributed by atoms with Gasteiger partial charge in [-0.25, -0.2) is 23.1 Å². The van der Waals surface area contributed by atoms with E-state index in [1.54, 1.807) is 21.0 Å². The minimum Gasteiger partial charge on any atom is -0.481 e. The largest absolute Gasteiger partial charge is 0.481 e. The average molecular weight is 446 g/mol. The van der Waals surface area contributed by atoms with E-state index in [4.69, 9.17) is 9.47 Å². The quantitative estimate of drug-likeness (QED) is 0.540. The molecule has 0 bridgehead atoms. The Labute approximate surface area is 184 Å². The van der Waals surface area contributed by atoms with Crippen LogP contribution in [-0.4, -0.2) is 35.3 Å². The Hall–Kier alpha value is -2.94. The molecular weight excluding hydrogens is 421 g/mol. The molecule has 6 nitrogen and oxygen atoms in total. The first-order valence-electron chi connectivity index (χ1n) is 10.5. The third-order valence-corrected chi connectivity index (χ3v) is 5.76. The Morgan fingerprint density at radius 1 is 1.12 bits per heavy atom. The van der Waals surface area contributed by atoms with Crippen LogP contribution in [0.2, 0.25) is 0 Å². The third-order valence-electron chi connectivity index (χ3n) is 5.76. The van der Waals surface area contributed by atoms with Gasteiger partial charge in [0.1, 0.15) is 17.5 Å². The zero-order valence-corrected chi connectivity index (χ0v) is 18.2. The summed E-state index contributed by atoms with van der Waals surface area (Å²) in [5.41, 5.74) is 0.908. The van der Waals surface area contributed by atoms with Crippen LogP contribution in [0, 0.1) is 12.7 Å². The highest BCUT2D eigenvalue weighted by atomic mass is 19.3. The number of halogens is 3. The summed E-state index contributed by atoms with van der Waals surface area (Å²) >= 11 is 0. The van der Waals surface area contributed by atoms with Crippen molar-refractivity contribution in [2.45, 2.75) is 45.1 Å². The molecule has 170 valence electrons. The Kier molecular flexibility index (Phi) is 6.45. The molecule has 4 rings (SSSR count). The van der Waals surface area contributed by atoms with Gasteiger partial charge in [0, 0.05) is 24.3 Å². The number of rotatable bonds is 6. The first kappa shape index (κ1) is 22.3. The number of methoxy groups -OCH3 is 1. The molecule has 1 N–H and O–H groups in total. The van der Waals surface area contributed by atoms with Gasteiger partial charge >= 0.3 is 0 Å². The van der Waals surface area contributed by atoms with E-state index in [-0.39, 0.29) is 11.5 Å². The van der Waals surface area contributed by atoms with Crippen molar-refractivity contribution >= 4 is 16.9 Å². The maximum absolute atomic E-state index is 14.7. The maximum Gasteiger partial charge on any atom is 0.266 e. The molecule has 32 heavy (non-hydrogen) atoms. The van der Waals surface area contributed by atoms with E-state index < -0.39 is 23.8 Å². The molecule has 1 aliphatic rings. The average Bonchev–Trinajstić information content (AvgIpc) is 2.78. The summed E-state index contributed by atoms with van der Waals surface area (Å²) in [7, 11) is 1.57. The van der Waals surface area contributed by atoms with E-state index in [1.165, 1.54) is 12.1 Å². The van der Waals surface area contributed by atoms with Crippen LogP contribution in [0.25, 0.3) is 11.0 Å². The van der Waals surface area contributed by atoms with E-state index in [1.807, 2.05) is 6.07 Å². The number of fused-ring (bicyclic) bond motifs is 1. The van der Waals surface area contributed by atoms with Gasteiger partial charge in [-0.05, 0) is 38.7 Å². The lowest BCUT2D eigenvalue weighted by Gasteiger charge is -2.24. The van der Waals surface area contributed by atoms with Crippen molar-refractivity contribution in [3.8, 4) is 5.88 Å². The van der Waals surface area contributed by atoms with Crippen LogP contribution in [0.5, 0.6) is 5.88 Å². The van der Waals surface area contributed by atoms with Crippen molar-refractivity contribution in [1.82, 2.24) is 15.0 Å². The second-order valence-corrected chi connectivity index (χ2v) is 7.88. The minimum absolute atomic E-state index is 0.137. The number of hydrogen-bond donors (Lipinski definition) is 1. The Morgan fingerprint density at radius 3 is 2.53 bits per heavy atom. The molecule has 1 aliphatic heterocycles. The standard InChI is InChI=1S/C23H25F3N4O2/c1-12(15-5-4-6-16(19(15)24)20(25)26)27-21-18-11-17(14-7-9-32-10-8-14)23(31-3)30-22(18)29-13(2)28-21/h4-6,11-12,14,20H,7-10H2,1-3H3,(H,27,28,29,30). The molecule has 0 amide bonds. The summed E-state index contributed by atoms with van der Waals surface area (Å²) in [6.45, 7) is 4.76. The number of alkyl halides is 2. The first-order valence-corrected chi connectivity index (χ1v) is 10.5. The van der Waals surface area contributed by atoms with Crippen molar-refractivity contribution < 1.29 is 22.6 Å². The van der Waals surface area contributed by atoms with Crippen molar-refractivity contribution in [2.75, 3.05) is 25.6 Å². The van der Waals surface area contributed by atoms with Gasteiger partial charge in [-0.15, -0.1) is 0 Å². The fourth-order valence-corrected chi connectivity index (χ4v) is 4.09. The zero-order chi connectivity index (χ0) is 22.8. The lowest BCUT2D eigenvalue weighted by Crippen LogP contribution is -2.16. The predicted molar refractivity (Wildman–Crippen MR) is 115 cm³/mol. The number of ether oxygens (including phenoxy) is 2. The number of aryl methyl sites for hydroxylation is 1. The van der Waals surface area contributed by atoms with Gasteiger partial charge in [-0.1, -0.05) is 18.2 Å². The van der Waals surface area contributed by atoms with Gasteiger partial charge in [-0.3, -0.25) is 0 Å². The number of pyridine rings is 1. The molecule has 2 aromatic heterocycles. The number of benzene rings is 1. The van der Waals surface area contributed by atoms with Crippen LogP contribution < -0.4 is 10.1 Å². The summed E-state index contributed by atoms with van der Waals surface area (Å²) in [5, 5.41) is 3.84. The fraction of sp³-hybridized carbons (Fsp3) is 0.435. The van der Waals surface area contributed by atoms with Crippen LogP contribution >= 0.6 is 0 Å². The van der Waals surface area contributed by atoms with E-state index in [9.17, 15) is 13.2 Å². The van der Waals surface area contributed by atoms with Crippen LogP contribution in [0.1, 0.15) is 60.7 Å². The van der Waals surface area contributed by atoms with Crippen LogP contribution in [-0.2, 0) is 4.74 Å². The van der Waals surface area contributed by atoms with Gasteiger partial charge in [0.15, 0.2) is 5.65 Å². The summed E-state index contributed by atoms with van der Waals surface area (Å²) in [5.74, 6) is 0.757. The van der Waals surface area contributed by atoms with Gasteiger partial charge in [-0.2, -0.15) is 4.98 Å². The van der Waals surface area contributed by atoms with Gasteiger partial charge < -0.3 is 14.8 Å². The van der Waals surface area contributed by atoms with Crippen LogP contribution in [0.4, 0.5) is 19.0 Å². The van der Waals surface area contributed by atoms with E-state index >= 15 is 0 Å². The van der Waals surface area contributed by atoms with Crippen LogP contribution in [0.15, 0.2) is 24.3 Å². The minimum atomic E-state index is -2.89. The molecule has 1 fully saturated rings. The van der Waals surface area contributed by atoms with Crippen molar-refractivity contribution in [3.05, 3.63) is 52.6 Å². The lowest BCUT2D eigenvalue weighted by molar-refractivity contribution is 0.0847. The molecule has 9 heteroatoms. The highest BCUT2D eigenvalue weighted by Gasteiger charge is 2.24. The number of aromatic nitrogens is 3. The third kappa shape index (κ3) is 4.34. The summed E-state index contributed by atoms with van der Waals surface area (Å²) in [6, 6.07) is 5.36. The molecule has 0 spiro atoms. The number of anilines is 1. The molecule has 0 aliphatic carbocycles. The number of nitrogens with zero attached hydrogens (tertiary/aromatic N) is 3. The van der Waals surface area contributed by atoms with Crippen molar-refractivity contribution in [2.24, 2.45) is 0 Å². The smallest absolute Gasteiger partial charge is 0.266 e. The molecule has 3 heterocycles. The van der Waals surface area contributed by atoms with Crippen LogP contribution in [0.3, 0.4) is 0 Å². The lowest BCUT2D eigenvalue weighted by atomic mass is 9.92. The molecule has 1 unspecified atom stereocenters. The van der Waals surface area contributed by atoms with E-state index in [2.05, 4.69) is 20.3 Å². The van der Waals surface area contributed by atoms with E-state index in [0.717, 1.165) is 24.5 Å². The Bertz CT molecular complexity index is 1120. The Morgan fingerprint density at radius 2 is 1.84 bits per heavy atom. The summed E-state index contributed by atoms with van der Waals surface area (Å²) < 4.78 is 52.0. The molecule has 1 atom stereocenters.